The Balaban J connectivity index is 4.23. The van der Waals surface area contributed by atoms with Crippen molar-refractivity contribution in [2.45, 2.75) is 59.1 Å². The summed E-state index contributed by atoms with van der Waals surface area (Å²) in [6.07, 6.45) is 1.99. The summed E-state index contributed by atoms with van der Waals surface area (Å²) in [5.41, 5.74) is -0.501. The van der Waals surface area contributed by atoms with Crippen LogP contribution in [-0.2, 0) is 14.3 Å². The average molecular weight is 255 g/mol. The number of carbonyl (C=O) groups is 2. The molecule has 0 atom stereocenters. The monoisotopic (exact) mass is 255 g/mol. The summed E-state index contributed by atoms with van der Waals surface area (Å²) >= 11 is 0. The fourth-order valence-electron chi connectivity index (χ4n) is 1.48. The topological polar surface area (TPSA) is 46.6 Å². The lowest BCUT2D eigenvalue weighted by Crippen LogP contribution is -2.37. The van der Waals surface area contributed by atoms with E-state index >= 15 is 0 Å². The van der Waals surface area contributed by atoms with E-state index in [4.69, 9.17) is 4.74 Å². The maximum Gasteiger partial charge on any atom is 0.306 e. The van der Waals surface area contributed by atoms with Crippen LogP contribution in [0.5, 0.6) is 0 Å². The highest BCUT2D eigenvalue weighted by Gasteiger charge is 2.20. The predicted octanol–water partition coefficient (Wildman–Crippen LogP) is 2.53. The fraction of sp³-hybridized carbons (Fsp3) is 0.714. The van der Waals surface area contributed by atoms with Gasteiger partial charge in [-0.2, -0.15) is 0 Å². The molecule has 0 fully saturated rings. The highest BCUT2D eigenvalue weighted by molar-refractivity contribution is 5.81. The molecule has 0 aliphatic rings. The van der Waals surface area contributed by atoms with Gasteiger partial charge >= 0.3 is 5.97 Å². The molecule has 0 aromatic rings. The third-order valence-corrected chi connectivity index (χ3v) is 2.23. The van der Waals surface area contributed by atoms with E-state index in [-0.39, 0.29) is 30.8 Å². The third kappa shape index (κ3) is 7.09. The van der Waals surface area contributed by atoms with Gasteiger partial charge in [-0.1, -0.05) is 6.08 Å². The van der Waals surface area contributed by atoms with Gasteiger partial charge in [0, 0.05) is 19.0 Å². The second-order valence-electron chi connectivity index (χ2n) is 5.51. The molecular weight excluding hydrogens is 230 g/mol. The van der Waals surface area contributed by atoms with Crippen molar-refractivity contribution in [1.82, 2.24) is 4.90 Å². The zero-order valence-electron chi connectivity index (χ0n) is 12.2. The van der Waals surface area contributed by atoms with Crippen molar-refractivity contribution in [2.24, 2.45) is 0 Å². The lowest BCUT2D eigenvalue weighted by atomic mass is 10.2. The van der Waals surface area contributed by atoms with E-state index < -0.39 is 5.60 Å². The van der Waals surface area contributed by atoms with Gasteiger partial charge in [-0.25, -0.2) is 0 Å². The van der Waals surface area contributed by atoms with E-state index in [1.165, 1.54) is 0 Å². The fourth-order valence-corrected chi connectivity index (χ4v) is 1.48. The Hall–Kier alpha value is -1.32. The molecule has 18 heavy (non-hydrogen) atoms. The van der Waals surface area contributed by atoms with Crippen LogP contribution in [-0.4, -0.2) is 35.0 Å². The second-order valence-corrected chi connectivity index (χ2v) is 5.51. The van der Waals surface area contributed by atoms with Crippen molar-refractivity contribution in [3.63, 3.8) is 0 Å². The van der Waals surface area contributed by atoms with E-state index in [1.54, 1.807) is 11.0 Å². The zero-order chi connectivity index (χ0) is 14.3. The Morgan fingerprint density at radius 3 is 2.22 bits per heavy atom. The highest BCUT2D eigenvalue weighted by Crippen LogP contribution is 2.10. The Kier molecular flexibility index (Phi) is 6.66. The zero-order valence-corrected chi connectivity index (χ0v) is 12.2. The molecule has 0 aromatic carbocycles. The molecule has 0 saturated carbocycles. The van der Waals surface area contributed by atoms with Crippen LogP contribution in [0.3, 0.4) is 0 Å². The van der Waals surface area contributed by atoms with E-state index in [2.05, 4.69) is 6.58 Å². The van der Waals surface area contributed by atoms with Gasteiger partial charge in [0.25, 0.3) is 0 Å². The molecule has 4 nitrogen and oxygen atoms in total. The van der Waals surface area contributed by atoms with E-state index in [0.29, 0.717) is 6.54 Å². The summed E-state index contributed by atoms with van der Waals surface area (Å²) in [5, 5.41) is 0. The molecule has 0 aliphatic carbocycles. The summed E-state index contributed by atoms with van der Waals surface area (Å²) in [5.74, 6) is -0.381. The maximum absolute atomic E-state index is 11.9. The van der Waals surface area contributed by atoms with Crippen LogP contribution in [0.15, 0.2) is 12.7 Å². The van der Waals surface area contributed by atoms with Gasteiger partial charge in [-0.3, -0.25) is 9.59 Å². The first kappa shape index (κ1) is 16.7. The molecule has 4 heteroatoms. The summed E-state index contributed by atoms with van der Waals surface area (Å²) in [7, 11) is 0. The lowest BCUT2D eigenvalue weighted by molar-refractivity contribution is -0.156. The Bertz CT molecular complexity index is 303. The van der Waals surface area contributed by atoms with Crippen molar-refractivity contribution < 1.29 is 14.3 Å². The molecule has 0 aliphatic heterocycles. The number of esters is 1. The van der Waals surface area contributed by atoms with Crippen molar-refractivity contribution in [1.29, 1.82) is 0 Å². The highest BCUT2D eigenvalue weighted by atomic mass is 16.6. The molecule has 104 valence electrons. The Morgan fingerprint density at radius 1 is 1.28 bits per heavy atom. The number of amides is 1. The molecule has 0 unspecified atom stereocenters. The molecule has 0 aromatic heterocycles. The van der Waals surface area contributed by atoms with Gasteiger partial charge in [-0.05, 0) is 34.6 Å². The minimum Gasteiger partial charge on any atom is -0.460 e. The van der Waals surface area contributed by atoms with Crippen LogP contribution in [0.4, 0.5) is 0 Å². The molecular formula is C14H25NO3. The first-order valence-corrected chi connectivity index (χ1v) is 6.29. The number of carbonyl (C=O) groups excluding carboxylic acids is 2. The molecule has 0 bridgehead atoms. The minimum atomic E-state index is -0.501. The smallest absolute Gasteiger partial charge is 0.306 e. The molecule has 0 spiro atoms. The summed E-state index contributed by atoms with van der Waals surface area (Å²) in [6, 6.07) is 0.106. The van der Waals surface area contributed by atoms with Crippen LogP contribution in [0, 0.1) is 0 Å². The molecule has 0 heterocycles. The summed E-state index contributed by atoms with van der Waals surface area (Å²) in [4.78, 5) is 25.1. The van der Waals surface area contributed by atoms with E-state index in [1.807, 2.05) is 34.6 Å². The maximum atomic E-state index is 11.9. The summed E-state index contributed by atoms with van der Waals surface area (Å²) in [6.45, 7) is 13.4. The van der Waals surface area contributed by atoms with Gasteiger partial charge in [0.1, 0.15) is 5.60 Å². The average Bonchev–Trinajstić information content (AvgIpc) is 2.19. The molecule has 0 radical (unpaired) electrons. The van der Waals surface area contributed by atoms with Crippen LogP contribution < -0.4 is 0 Å². The van der Waals surface area contributed by atoms with Crippen molar-refractivity contribution in [3.8, 4) is 0 Å². The first-order valence-electron chi connectivity index (χ1n) is 6.29. The SMILES string of the molecule is C=CCN(C(=O)CCC(=O)OC(C)(C)C)C(C)C. The largest absolute Gasteiger partial charge is 0.460 e. The summed E-state index contributed by atoms with van der Waals surface area (Å²) < 4.78 is 5.16. The Morgan fingerprint density at radius 2 is 1.83 bits per heavy atom. The van der Waals surface area contributed by atoms with Gasteiger partial charge in [0.15, 0.2) is 0 Å². The number of ether oxygens (including phenoxy) is 1. The van der Waals surface area contributed by atoms with Crippen molar-refractivity contribution in [3.05, 3.63) is 12.7 Å². The van der Waals surface area contributed by atoms with Crippen molar-refractivity contribution in [2.75, 3.05) is 6.54 Å². The number of nitrogens with zero attached hydrogens (tertiary/aromatic N) is 1. The minimum absolute atomic E-state index is 0.0456. The normalized spacial score (nSPS) is 11.2. The van der Waals surface area contributed by atoms with Crippen LogP contribution in [0.2, 0.25) is 0 Å². The van der Waals surface area contributed by atoms with E-state index in [0.717, 1.165) is 0 Å². The second kappa shape index (κ2) is 7.19. The lowest BCUT2D eigenvalue weighted by Gasteiger charge is -2.25. The number of hydrogen-bond acceptors (Lipinski definition) is 3. The van der Waals surface area contributed by atoms with Crippen LogP contribution >= 0.6 is 0 Å². The quantitative estimate of drug-likeness (QED) is 0.541. The predicted molar refractivity (Wildman–Crippen MR) is 72.1 cm³/mol. The number of rotatable bonds is 6. The molecule has 0 rings (SSSR count). The first-order chi connectivity index (χ1) is 8.17. The van der Waals surface area contributed by atoms with Crippen molar-refractivity contribution >= 4 is 11.9 Å². The van der Waals surface area contributed by atoms with Gasteiger partial charge < -0.3 is 9.64 Å². The number of hydrogen-bond donors (Lipinski definition) is 0. The third-order valence-electron chi connectivity index (χ3n) is 2.23. The standard InChI is InChI=1S/C14H25NO3/c1-7-10-15(11(2)3)12(16)8-9-13(17)18-14(4,5)6/h7,11H,1,8-10H2,2-6H3. The molecule has 1 amide bonds. The van der Waals surface area contributed by atoms with Gasteiger partial charge in [0.2, 0.25) is 5.91 Å². The Labute approximate surface area is 110 Å². The van der Waals surface area contributed by atoms with Gasteiger partial charge in [0.05, 0.1) is 6.42 Å². The van der Waals surface area contributed by atoms with Gasteiger partial charge in [-0.15, -0.1) is 6.58 Å². The van der Waals surface area contributed by atoms with Crippen LogP contribution in [0.25, 0.3) is 0 Å². The molecule has 0 N–H and O–H groups in total. The van der Waals surface area contributed by atoms with E-state index in [9.17, 15) is 9.59 Å². The van der Waals surface area contributed by atoms with Crippen LogP contribution in [0.1, 0.15) is 47.5 Å². The molecule has 0 saturated heterocycles.